The summed E-state index contributed by atoms with van der Waals surface area (Å²) in [5, 5.41) is 9.89. The van der Waals surface area contributed by atoms with Crippen LogP contribution >= 0.6 is 0 Å². The monoisotopic (exact) mass is 366 g/mol. The molecule has 2 rings (SSSR count). The van der Waals surface area contributed by atoms with Gasteiger partial charge in [-0.25, -0.2) is 9.97 Å². The molecule has 0 unspecified atom stereocenters. The van der Waals surface area contributed by atoms with Crippen molar-refractivity contribution >= 4 is 8.32 Å². The number of aromatic nitrogens is 2. The summed E-state index contributed by atoms with van der Waals surface area (Å²) in [6, 6.07) is 1.78. The Balaban J connectivity index is 2.14. The first-order chi connectivity index (χ1) is 11.8. The molecule has 1 saturated carbocycles. The maximum Gasteiger partial charge on any atom is 0.216 e. The molecular formula is C19H34N2O3Si. The number of aliphatic hydroxyl groups excluding tert-OH is 1. The Morgan fingerprint density at radius 2 is 1.76 bits per heavy atom. The van der Waals surface area contributed by atoms with Gasteiger partial charge in [0.2, 0.25) is 14.2 Å². The van der Waals surface area contributed by atoms with E-state index in [1.54, 1.807) is 12.3 Å². The maximum absolute atomic E-state index is 9.89. The first-order valence-electron chi connectivity index (χ1n) is 9.52. The molecule has 0 saturated heterocycles. The van der Waals surface area contributed by atoms with E-state index in [4.69, 9.17) is 9.16 Å². The second kappa shape index (κ2) is 8.60. The van der Waals surface area contributed by atoms with E-state index in [-0.39, 0.29) is 24.7 Å². The van der Waals surface area contributed by atoms with Crippen molar-refractivity contribution in [3.05, 3.63) is 18.6 Å². The van der Waals surface area contributed by atoms with Crippen molar-refractivity contribution in [3.63, 3.8) is 0 Å². The highest BCUT2D eigenvalue weighted by atomic mass is 28.4. The lowest BCUT2D eigenvalue weighted by Crippen LogP contribution is -2.51. The van der Waals surface area contributed by atoms with Crippen molar-refractivity contribution in [2.45, 2.75) is 83.2 Å². The van der Waals surface area contributed by atoms with E-state index in [1.807, 2.05) is 0 Å². The number of ether oxygens (including phenoxy) is 1. The van der Waals surface area contributed by atoms with Crippen LogP contribution in [-0.2, 0) is 4.43 Å². The van der Waals surface area contributed by atoms with Crippen LogP contribution in [0.5, 0.6) is 5.88 Å². The summed E-state index contributed by atoms with van der Waals surface area (Å²) in [5.74, 6) is 0.729. The molecule has 0 bridgehead atoms. The van der Waals surface area contributed by atoms with Crippen LogP contribution in [0.4, 0.5) is 0 Å². The van der Waals surface area contributed by atoms with Crippen LogP contribution in [0.25, 0.3) is 0 Å². The summed E-state index contributed by atoms with van der Waals surface area (Å²) in [5.41, 5.74) is 1.61. The van der Waals surface area contributed by atoms with E-state index in [1.165, 1.54) is 6.33 Å². The number of hydrogen-bond donors (Lipinski definition) is 1. The zero-order valence-corrected chi connectivity index (χ0v) is 17.5. The lowest BCUT2D eigenvalue weighted by atomic mass is 10.1. The summed E-state index contributed by atoms with van der Waals surface area (Å²) < 4.78 is 12.9. The van der Waals surface area contributed by atoms with Crippen LogP contribution in [0.2, 0.25) is 16.6 Å². The van der Waals surface area contributed by atoms with Gasteiger partial charge in [-0.05, 0) is 23.0 Å². The molecule has 1 heterocycles. The van der Waals surface area contributed by atoms with E-state index in [0.717, 1.165) is 12.8 Å². The van der Waals surface area contributed by atoms with Gasteiger partial charge < -0.3 is 14.3 Å². The van der Waals surface area contributed by atoms with Gasteiger partial charge in [0.1, 0.15) is 12.4 Å². The molecule has 0 aromatic carbocycles. The van der Waals surface area contributed by atoms with Crippen molar-refractivity contribution in [1.29, 1.82) is 0 Å². The van der Waals surface area contributed by atoms with Gasteiger partial charge in [0, 0.05) is 31.2 Å². The van der Waals surface area contributed by atoms with Gasteiger partial charge in [0.15, 0.2) is 0 Å². The zero-order valence-electron chi connectivity index (χ0n) is 16.5. The molecule has 0 aliphatic heterocycles. The third-order valence-electron chi connectivity index (χ3n) is 5.73. The van der Waals surface area contributed by atoms with Gasteiger partial charge in [-0.15, -0.1) is 0 Å². The predicted molar refractivity (Wildman–Crippen MR) is 102 cm³/mol. The normalized spacial score (nSPS) is 24.5. The first kappa shape index (κ1) is 20.3. The Kier molecular flexibility index (Phi) is 6.99. The topological polar surface area (TPSA) is 64.5 Å². The number of hydrogen-bond acceptors (Lipinski definition) is 5. The van der Waals surface area contributed by atoms with E-state index in [2.05, 4.69) is 51.5 Å². The van der Waals surface area contributed by atoms with Gasteiger partial charge >= 0.3 is 0 Å². The van der Waals surface area contributed by atoms with Crippen molar-refractivity contribution in [3.8, 4) is 5.88 Å². The number of rotatable bonds is 8. The Bertz CT molecular complexity index is 503. The average molecular weight is 367 g/mol. The van der Waals surface area contributed by atoms with Crippen molar-refractivity contribution in [2.75, 3.05) is 6.61 Å². The van der Waals surface area contributed by atoms with Crippen LogP contribution in [-0.4, -0.2) is 42.2 Å². The molecule has 6 heteroatoms. The molecule has 1 N–H and O–H groups in total. The van der Waals surface area contributed by atoms with Crippen molar-refractivity contribution in [2.24, 2.45) is 5.92 Å². The van der Waals surface area contributed by atoms with Gasteiger partial charge in [-0.3, -0.25) is 0 Å². The molecule has 1 aliphatic carbocycles. The number of aliphatic hydroxyl groups is 1. The summed E-state index contributed by atoms with van der Waals surface area (Å²) in [6.45, 7) is 13.9. The van der Waals surface area contributed by atoms with E-state index in [0.29, 0.717) is 22.5 Å². The van der Waals surface area contributed by atoms with E-state index >= 15 is 0 Å². The molecule has 1 aliphatic rings. The first-order valence-corrected chi connectivity index (χ1v) is 11.7. The molecule has 5 nitrogen and oxygen atoms in total. The highest BCUT2D eigenvalue weighted by Crippen LogP contribution is 2.45. The van der Waals surface area contributed by atoms with Crippen LogP contribution in [0.1, 0.15) is 54.4 Å². The minimum absolute atomic E-state index is 0.0373. The molecule has 1 aromatic rings. The Labute approximate surface area is 153 Å². The van der Waals surface area contributed by atoms with Gasteiger partial charge in [-0.2, -0.15) is 0 Å². The molecule has 25 heavy (non-hydrogen) atoms. The lowest BCUT2D eigenvalue weighted by molar-refractivity contribution is 0.0931. The SMILES string of the molecule is CC(C)[Si](O[C@H]1C[C@H](Oc2ccncn2)C[C@@H]1CO)(C(C)C)C(C)C. The fourth-order valence-corrected chi connectivity index (χ4v) is 10.3. The Hall–Kier alpha value is -0.983. The fourth-order valence-electron chi connectivity index (χ4n) is 4.66. The summed E-state index contributed by atoms with van der Waals surface area (Å²) in [6.07, 6.45) is 4.91. The summed E-state index contributed by atoms with van der Waals surface area (Å²) >= 11 is 0. The highest BCUT2D eigenvalue weighted by molar-refractivity contribution is 6.77. The Morgan fingerprint density at radius 1 is 1.12 bits per heavy atom. The second-order valence-electron chi connectivity index (χ2n) is 8.18. The predicted octanol–water partition coefficient (Wildman–Crippen LogP) is 4.19. The third-order valence-corrected chi connectivity index (χ3v) is 11.9. The maximum atomic E-state index is 9.89. The minimum atomic E-state index is -1.96. The molecule has 0 spiro atoms. The largest absolute Gasteiger partial charge is 0.474 e. The molecule has 3 atom stereocenters. The fraction of sp³-hybridized carbons (Fsp3) is 0.789. The van der Waals surface area contributed by atoms with Crippen LogP contribution in [0.15, 0.2) is 18.6 Å². The average Bonchev–Trinajstić information content (AvgIpc) is 2.93. The molecule has 0 amide bonds. The standard InChI is InChI=1S/C19H34N2O3Si/c1-13(2)25(14(3)4,15(5)6)24-18-10-17(9-16(18)11-22)23-19-7-8-20-12-21-19/h7-8,12-18,22H,9-11H2,1-6H3/t16-,17-,18+/m1/s1. The van der Waals surface area contributed by atoms with Gasteiger partial charge in [0.05, 0.1) is 6.10 Å². The molecule has 1 fully saturated rings. The Morgan fingerprint density at radius 3 is 2.24 bits per heavy atom. The minimum Gasteiger partial charge on any atom is -0.474 e. The lowest BCUT2D eigenvalue weighted by Gasteiger charge is -2.45. The van der Waals surface area contributed by atoms with Crippen molar-refractivity contribution in [1.82, 2.24) is 9.97 Å². The second-order valence-corrected chi connectivity index (χ2v) is 13.6. The van der Waals surface area contributed by atoms with E-state index in [9.17, 15) is 5.11 Å². The third kappa shape index (κ3) is 4.41. The van der Waals surface area contributed by atoms with Crippen molar-refractivity contribution < 1.29 is 14.3 Å². The smallest absolute Gasteiger partial charge is 0.216 e. The number of nitrogens with zero attached hydrogens (tertiary/aromatic N) is 2. The molecule has 1 aromatic heterocycles. The quantitative estimate of drug-likeness (QED) is 0.699. The van der Waals surface area contributed by atoms with Crippen LogP contribution in [0, 0.1) is 5.92 Å². The highest BCUT2D eigenvalue weighted by Gasteiger charge is 2.49. The van der Waals surface area contributed by atoms with Crippen LogP contribution < -0.4 is 4.74 Å². The molecule has 0 radical (unpaired) electrons. The van der Waals surface area contributed by atoms with Gasteiger partial charge in [-0.1, -0.05) is 41.5 Å². The van der Waals surface area contributed by atoms with Crippen LogP contribution in [0.3, 0.4) is 0 Å². The van der Waals surface area contributed by atoms with E-state index < -0.39 is 8.32 Å². The molecule has 142 valence electrons. The molecular weight excluding hydrogens is 332 g/mol. The summed E-state index contributed by atoms with van der Waals surface area (Å²) in [4.78, 5) is 8.07. The zero-order chi connectivity index (χ0) is 18.6. The summed E-state index contributed by atoms with van der Waals surface area (Å²) in [7, 11) is -1.96. The van der Waals surface area contributed by atoms with Gasteiger partial charge in [0.25, 0.3) is 0 Å².